The van der Waals surface area contributed by atoms with Crippen LogP contribution in [0.5, 0.6) is 0 Å². The van der Waals surface area contributed by atoms with Crippen LogP contribution in [0, 0.1) is 12.7 Å². The van der Waals surface area contributed by atoms with Gasteiger partial charge in [0, 0.05) is 16.2 Å². The van der Waals surface area contributed by atoms with Gasteiger partial charge in [-0.05, 0) is 55.8 Å². The molecular formula is C20H20BrF3N4O. The molecule has 5 nitrogen and oxygen atoms in total. The lowest BCUT2D eigenvalue weighted by Crippen LogP contribution is -2.41. The number of pyridine rings is 1. The van der Waals surface area contributed by atoms with Gasteiger partial charge in [-0.15, -0.1) is 0 Å². The zero-order valence-corrected chi connectivity index (χ0v) is 17.9. The highest BCUT2D eigenvalue weighted by Gasteiger charge is 2.49. The molecule has 29 heavy (non-hydrogen) atoms. The summed E-state index contributed by atoms with van der Waals surface area (Å²) in [6, 6.07) is 4.82. The number of alkyl halides is 2. The molecule has 9 heteroatoms. The average molecular weight is 469 g/mol. The Morgan fingerprint density at radius 2 is 1.90 bits per heavy atom. The molecule has 0 aliphatic rings. The Kier molecular flexibility index (Phi) is 5.57. The van der Waals surface area contributed by atoms with Crippen LogP contribution >= 0.6 is 15.9 Å². The summed E-state index contributed by atoms with van der Waals surface area (Å²) in [6.07, 6.45) is 1.60. The van der Waals surface area contributed by atoms with E-state index in [9.17, 15) is 13.9 Å². The standard InChI is InChI=1S/C20H20BrF3N4O/c1-10(13-6-5-7-15(16(13)22)20(23,24)19(3,4)29)26-18-14-8-12(21)9-25-17(14)27-11(2)28-18/h5-10,29H,1-4H3,(H,25,26,27,28)/t10-/m1/s1. The van der Waals surface area contributed by atoms with Crippen molar-refractivity contribution in [2.75, 3.05) is 5.32 Å². The number of rotatable bonds is 5. The van der Waals surface area contributed by atoms with Crippen molar-refractivity contribution in [2.45, 2.75) is 45.3 Å². The fraction of sp³-hybridized carbons (Fsp3) is 0.350. The first-order valence-corrected chi connectivity index (χ1v) is 9.66. The number of aliphatic hydroxyl groups is 1. The zero-order valence-electron chi connectivity index (χ0n) is 16.3. The summed E-state index contributed by atoms with van der Waals surface area (Å²) in [6.45, 7) is 5.23. The quantitative estimate of drug-likeness (QED) is 0.533. The van der Waals surface area contributed by atoms with Gasteiger partial charge in [0.25, 0.3) is 0 Å². The summed E-state index contributed by atoms with van der Waals surface area (Å²) in [5.74, 6) is -3.97. The first kappa shape index (κ1) is 21.4. The Bertz CT molecular complexity index is 1070. The van der Waals surface area contributed by atoms with E-state index in [1.165, 1.54) is 12.1 Å². The summed E-state index contributed by atoms with van der Waals surface area (Å²) >= 11 is 3.34. The molecule has 0 spiro atoms. The minimum atomic E-state index is -3.76. The molecule has 0 saturated heterocycles. The van der Waals surface area contributed by atoms with Crippen LogP contribution < -0.4 is 5.32 Å². The second kappa shape index (κ2) is 7.53. The number of nitrogens with one attached hydrogen (secondary N) is 1. The summed E-state index contributed by atoms with van der Waals surface area (Å²) < 4.78 is 44.8. The van der Waals surface area contributed by atoms with Gasteiger partial charge in [0.15, 0.2) is 5.65 Å². The van der Waals surface area contributed by atoms with Crippen LogP contribution in [0.15, 0.2) is 34.9 Å². The van der Waals surface area contributed by atoms with Crippen LogP contribution in [-0.4, -0.2) is 25.7 Å². The Labute approximate surface area is 174 Å². The predicted molar refractivity (Wildman–Crippen MR) is 108 cm³/mol. The van der Waals surface area contributed by atoms with E-state index in [0.717, 1.165) is 19.9 Å². The van der Waals surface area contributed by atoms with E-state index in [4.69, 9.17) is 0 Å². The minimum absolute atomic E-state index is 0.0267. The van der Waals surface area contributed by atoms with Gasteiger partial charge in [0.05, 0.1) is 17.0 Å². The largest absolute Gasteiger partial charge is 0.384 e. The lowest BCUT2D eigenvalue weighted by atomic mass is 9.91. The molecule has 3 rings (SSSR count). The highest BCUT2D eigenvalue weighted by molar-refractivity contribution is 9.10. The van der Waals surface area contributed by atoms with Crippen LogP contribution in [-0.2, 0) is 5.92 Å². The summed E-state index contributed by atoms with van der Waals surface area (Å²) in [5, 5.41) is 13.5. The lowest BCUT2D eigenvalue weighted by Gasteiger charge is -2.30. The summed E-state index contributed by atoms with van der Waals surface area (Å²) in [4.78, 5) is 12.9. The van der Waals surface area contributed by atoms with Crippen LogP contribution in [0.4, 0.5) is 19.0 Å². The Morgan fingerprint density at radius 3 is 2.55 bits per heavy atom. The molecule has 0 aliphatic heterocycles. The van der Waals surface area contributed by atoms with Crippen LogP contribution in [0.2, 0.25) is 0 Å². The van der Waals surface area contributed by atoms with Gasteiger partial charge >= 0.3 is 5.92 Å². The van der Waals surface area contributed by atoms with Gasteiger partial charge in [-0.2, -0.15) is 8.78 Å². The molecule has 0 fully saturated rings. The lowest BCUT2D eigenvalue weighted by molar-refractivity contribution is -0.170. The molecule has 0 bridgehead atoms. The number of aryl methyl sites for hydroxylation is 1. The molecular weight excluding hydrogens is 449 g/mol. The Hall–Kier alpha value is -2.26. The van der Waals surface area contributed by atoms with E-state index in [0.29, 0.717) is 27.1 Å². The zero-order chi connectivity index (χ0) is 21.6. The third kappa shape index (κ3) is 4.06. The van der Waals surface area contributed by atoms with Gasteiger partial charge in [0.2, 0.25) is 0 Å². The minimum Gasteiger partial charge on any atom is -0.384 e. The smallest absolute Gasteiger partial charge is 0.303 e. The van der Waals surface area contributed by atoms with Crippen LogP contribution in [0.1, 0.15) is 43.8 Å². The van der Waals surface area contributed by atoms with E-state index < -0.39 is 28.9 Å². The Morgan fingerprint density at radius 1 is 1.21 bits per heavy atom. The van der Waals surface area contributed by atoms with Crippen molar-refractivity contribution in [3.63, 3.8) is 0 Å². The highest BCUT2D eigenvalue weighted by atomic mass is 79.9. The molecule has 1 atom stereocenters. The Balaban J connectivity index is 2.03. The predicted octanol–water partition coefficient (Wildman–Crippen LogP) is 5.27. The maximum Gasteiger partial charge on any atom is 0.303 e. The molecule has 2 heterocycles. The monoisotopic (exact) mass is 468 g/mol. The van der Waals surface area contributed by atoms with Crippen molar-refractivity contribution in [1.29, 1.82) is 0 Å². The second-order valence-corrected chi connectivity index (χ2v) is 8.27. The molecule has 1 aromatic carbocycles. The highest BCUT2D eigenvalue weighted by Crippen LogP contribution is 2.41. The molecule has 3 aromatic rings. The third-order valence-corrected chi connectivity index (χ3v) is 5.02. The number of halogens is 4. The van der Waals surface area contributed by atoms with E-state index in [1.807, 2.05) is 0 Å². The van der Waals surface area contributed by atoms with E-state index >= 15 is 4.39 Å². The maximum absolute atomic E-state index is 15.0. The van der Waals surface area contributed by atoms with Crippen molar-refractivity contribution in [2.24, 2.45) is 0 Å². The van der Waals surface area contributed by atoms with Crippen LogP contribution in [0.3, 0.4) is 0 Å². The van der Waals surface area contributed by atoms with Gasteiger partial charge in [0.1, 0.15) is 23.1 Å². The number of hydrogen-bond donors (Lipinski definition) is 2. The van der Waals surface area contributed by atoms with Crippen molar-refractivity contribution in [1.82, 2.24) is 15.0 Å². The van der Waals surface area contributed by atoms with Gasteiger partial charge in [-0.3, -0.25) is 0 Å². The topological polar surface area (TPSA) is 70.9 Å². The molecule has 2 N–H and O–H groups in total. The van der Waals surface area contributed by atoms with E-state index in [-0.39, 0.29) is 5.56 Å². The molecule has 0 unspecified atom stereocenters. The third-order valence-electron chi connectivity index (χ3n) is 4.58. The van der Waals surface area contributed by atoms with E-state index in [2.05, 4.69) is 36.2 Å². The number of fused-ring (bicyclic) bond motifs is 1. The molecule has 0 saturated carbocycles. The second-order valence-electron chi connectivity index (χ2n) is 7.35. The number of hydrogen-bond acceptors (Lipinski definition) is 5. The molecule has 154 valence electrons. The fourth-order valence-electron chi connectivity index (χ4n) is 2.94. The van der Waals surface area contributed by atoms with Crippen LogP contribution in [0.25, 0.3) is 11.0 Å². The normalized spacial score (nSPS) is 13.6. The summed E-state index contributed by atoms with van der Waals surface area (Å²) in [7, 11) is 0. The van der Waals surface area contributed by atoms with Gasteiger partial charge in [-0.1, -0.05) is 12.1 Å². The van der Waals surface area contributed by atoms with Gasteiger partial charge in [-0.25, -0.2) is 19.3 Å². The number of nitrogens with zero attached hydrogens (tertiary/aromatic N) is 3. The summed E-state index contributed by atoms with van der Waals surface area (Å²) in [5.41, 5.74) is -2.79. The van der Waals surface area contributed by atoms with Crippen molar-refractivity contribution < 1.29 is 18.3 Å². The average Bonchev–Trinajstić information content (AvgIpc) is 2.61. The first-order valence-electron chi connectivity index (χ1n) is 8.87. The maximum atomic E-state index is 15.0. The fourth-order valence-corrected chi connectivity index (χ4v) is 3.28. The number of benzene rings is 1. The number of aromatic nitrogens is 3. The van der Waals surface area contributed by atoms with Crippen molar-refractivity contribution >= 4 is 32.8 Å². The molecule has 0 radical (unpaired) electrons. The van der Waals surface area contributed by atoms with Crippen molar-refractivity contribution in [3.8, 4) is 0 Å². The van der Waals surface area contributed by atoms with Crippen molar-refractivity contribution in [3.05, 3.63) is 57.7 Å². The van der Waals surface area contributed by atoms with Gasteiger partial charge < -0.3 is 10.4 Å². The van der Waals surface area contributed by atoms with E-state index in [1.54, 1.807) is 26.1 Å². The molecule has 0 aliphatic carbocycles. The first-order chi connectivity index (χ1) is 13.4. The molecule has 0 amide bonds. The number of anilines is 1. The SMILES string of the molecule is Cc1nc(N[C@H](C)c2cccc(C(F)(F)C(C)(C)O)c2F)c2cc(Br)cnc2n1. The molecule has 2 aromatic heterocycles.